The smallest absolute Gasteiger partial charge is 0.339 e. The Kier molecular flexibility index (Phi) is 4.34. The van der Waals surface area contributed by atoms with Gasteiger partial charge in [-0.15, -0.1) is 11.3 Å². The summed E-state index contributed by atoms with van der Waals surface area (Å²) in [6, 6.07) is 30.2. The van der Waals surface area contributed by atoms with E-state index in [0.717, 1.165) is 31.3 Å². The Bertz CT molecular complexity index is 1420. The zero-order valence-corrected chi connectivity index (χ0v) is 16.9. The van der Waals surface area contributed by atoms with Gasteiger partial charge in [-0.1, -0.05) is 54.6 Å². The van der Waals surface area contributed by atoms with Gasteiger partial charge in [-0.05, 0) is 53.6 Å². The third kappa shape index (κ3) is 3.39. The SMILES string of the molecule is O=S(=O)(Oc1ccccc1)c1ccc2sc3ccc(-c4ccccc4)cc3c2c1. The van der Waals surface area contributed by atoms with Gasteiger partial charge in [-0.25, -0.2) is 0 Å². The van der Waals surface area contributed by atoms with Crippen molar-refractivity contribution < 1.29 is 12.6 Å². The first-order valence-corrected chi connectivity index (χ1v) is 11.3. The van der Waals surface area contributed by atoms with Crippen molar-refractivity contribution in [2.45, 2.75) is 4.90 Å². The molecule has 0 saturated heterocycles. The van der Waals surface area contributed by atoms with Crippen molar-refractivity contribution in [3.63, 3.8) is 0 Å². The monoisotopic (exact) mass is 416 g/mol. The van der Waals surface area contributed by atoms with Crippen LogP contribution in [0.5, 0.6) is 5.75 Å². The van der Waals surface area contributed by atoms with E-state index < -0.39 is 10.1 Å². The Morgan fingerprint density at radius 1 is 0.621 bits per heavy atom. The summed E-state index contributed by atoms with van der Waals surface area (Å²) in [6.45, 7) is 0. The minimum atomic E-state index is -3.91. The average molecular weight is 417 g/mol. The van der Waals surface area contributed by atoms with Crippen molar-refractivity contribution in [3.8, 4) is 16.9 Å². The minimum absolute atomic E-state index is 0.152. The molecule has 0 amide bonds. The fourth-order valence-electron chi connectivity index (χ4n) is 3.37. The summed E-state index contributed by atoms with van der Waals surface area (Å²) in [5.41, 5.74) is 2.23. The van der Waals surface area contributed by atoms with E-state index in [2.05, 4.69) is 30.3 Å². The molecule has 0 aliphatic carbocycles. The van der Waals surface area contributed by atoms with Crippen molar-refractivity contribution in [2.75, 3.05) is 0 Å². The van der Waals surface area contributed by atoms with E-state index in [4.69, 9.17) is 4.18 Å². The molecule has 0 atom stereocenters. The van der Waals surface area contributed by atoms with E-state index >= 15 is 0 Å². The predicted octanol–water partition coefficient (Wildman–Crippen LogP) is 6.49. The highest BCUT2D eigenvalue weighted by Crippen LogP contribution is 2.37. The van der Waals surface area contributed by atoms with Crippen molar-refractivity contribution in [1.29, 1.82) is 0 Å². The first-order valence-electron chi connectivity index (χ1n) is 9.11. The Balaban J connectivity index is 1.62. The lowest BCUT2D eigenvalue weighted by Gasteiger charge is -2.07. The van der Waals surface area contributed by atoms with E-state index in [1.165, 1.54) is 0 Å². The van der Waals surface area contributed by atoms with Crippen molar-refractivity contribution >= 4 is 41.6 Å². The van der Waals surface area contributed by atoms with Gasteiger partial charge in [0.25, 0.3) is 0 Å². The summed E-state index contributed by atoms with van der Waals surface area (Å²) in [4.78, 5) is 0.152. The standard InChI is InChI=1S/C24H16O3S2/c25-29(26,27-19-9-5-2-6-10-19)20-12-14-24-22(16-20)21-15-18(11-13-23(21)28-24)17-7-3-1-4-8-17/h1-16H. The van der Waals surface area contributed by atoms with Crippen LogP contribution >= 0.6 is 11.3 Å². The van der Waals surface area contributed by atoms with Crippen LogP contribution in [0.25, 0.3) is 31.3 Å². The molecule has 0 unspecified atom stereocenters. The van der Waals surface area contributed by atoms with Crippen LogP contribution in [0.15, 0.2) is 102 Å². The number of hydrogen-bond donors (Lipinski definition) is 0. The van der Waals surface area contributed by atoms with Crippen LogP contribution in [0, 0.1) is 0 Å². The van der Waals surface area contributed by atoms with Gasteiger partial charge in [-0.2, -0.15) is 8.42 Å². The molecule has 5 rings (SSSR count). The molecular formula is C24H16O3S2. The second-order valence-electron chi connectivity index (χ2n) is 6.69. The molecule has 5 heteroatoms. The zero-order valence-electron chi connectivity index (χ0n) is 15.3. The highest BCUT2D eigenvalue weighted by atomic mass is 32.2. The van der Waals surface area contributed by atoms with Gasteiger partial charge in [0.05, 0.1) is 0 Å². The van der Waals surface area contributed by atoms with Gasteiger partial charge in [-0.3, -0.25) is 0 Å². The molecule has 0 fully saturated rings. The van der Waals surface area contributed by atoms with Crippen LogP contribution in [0.3, 0.4) is 0 Å². The van der Waals surface area contributed by atoms with Crippen molar-refractivity contribution in [1.82, 2.24) is 0 Å². The summed E-state index contributed by atoms with van der Waals surface area (Å²) in [5, 5.41) is 1.96. The molecule has 3 nitrogen and oxygen atoms in total. The molecule has 29 heavy (non-hydrogen) atoms. The highest BCUT2D eigenvalue weighted by Gasteiger charge is 2.18. The molecular weight excluding hydrogens is 400 g/mol. The maximum Gasteiger partial charge on any atom is 0.339 e. The van der Waals surface area contributed by atoms with Crippen LogP contribution in [0.1, 0.15) is 0 Å². The Hall–Kier alpha value is -3.15. The fourth-order valence-corrected chi connectivity index (χ4v) is 5.40. The number of rotatable bonds is 4. The van der Waals surface area contributed by atoms with Crippen LogP contribution in [0.4, 0.5) is 0 Å². The van der Waals surface area contributed by atoms with Crippen molar-refractivity contribution in [3.05, 3.63) is 97.1 Å². The van der Waals surface area contributed by atoms with Gasteiger partial charge in [0.2, 0.25) is 0 Å². The summed E-state index contributed by atoms with van der Waals surface area (Å²) >= 11 is 1.65. The lowest BCUT2D eigenvalue weighted by Crippen LogP contribution is -2.09. The molecule has 0 aliphatic heterocycles. The largest absolute Gasteiger partial charge is 0.379 e. The molecule has 4 aromatic carbocycles. The second kappa shape index (κ2) is 7.03. The first-order chi connectivity index (χ1) is 14.1. The third-order valence-electron chi connectivity index (χ3n) is 4.79. The molecule has 0 N–H and O–H groups in total. The highest BCUT2D eigenvalue weighted by molar-refractivity contribution is 7.87. The minimum Gasteiger partial charge on any atom is -0.379 e. The van der Waals surface area contributed by atoms with Gasteiger partial charge in [0.1, 0.15) is 10.6 Å². The fraction of sp³-hybridized carbons (Fsp3) is 0. The Morgan fingerprint density at radius 3 is 1.97 bits per heavy atom. The van der Waals surface area contributed by atoms with Crippen LogP contribution in [-0.4, -0.2) is 8.42 Å². The number of benzene rings is 4. The van der Waals surface area contributed by atoms with E-state index in [0.29, 0.717) is 5.75 Å². The molecule has 5 aromatic rings. The van der Waals surface area contributed by atoms with Crippen LogP contribution < -0.4 is 4.18 Å². The summed E-state index contributed by atoms with van der Waals surface area (Å²) in [7, 11) is -3.91. The molecule has 142 valence electrons. The van der Waals surface area contributed by atoms with Crippen molar-refractivity contribution in [2.24, 2.45) is 0 Å². The number of hydrogen-bond acceptors (Lipinski definition) is 4. The van der Waals surface area contributed by atoms with Gasteiger partial charge < -0.3 is 4.18 Å². The lowest BCUT2D eigenvalue weighted by molar-refractivity contribution is 0.486. The second-order valence-corrected chi connectivity index (χ2v) is 9.32. The lowest BCUT2D eigenvalue weighted by atomic mass is 10.0. The van der Waals surface area contributed by atoms with E-state index in [1.54, 1.807) is 47.7 Å². The van der Waals surface area contributed by atoms with E-state index in [9.17, 15) is 8.42 Å². The molecule has 0 saturated carbocycles. The molecule has 0 aliphatic rings. The maximum atomic E-state index is 12.8. The Morgan fingerprint density at radius 2 is 1.24 bits per heavy atom. The summed E-state index contributed by atoms with van der Waals surface area (Å²) in [6.07, 6.45) is 0. The molecule has 0 spiro atoms. The third-order valence-corrected chi connectivity index (χ3v) is 7.18. The number of thiophene rings is 1. The van der Waals surface area contributed by atoms with E-state index in [1.807, 2.05) is 30.3 Å². The quantitative estimate of drug-likeness (QED) is 0.315. The van der Waals surface area contributed by atoms with Crippen LogP contribution in [-0.2, 0) is 10.1 Å². The number of fused-ring (bicyclic) bond motifs is 3. The topological polar surface area (TPSA) is 43.4 Å². The molecule has 0 radical (unpaired) electrons. The predicted molar refractivity (Wildman–Crippen MR) is 119 cm³/mol. The van der Waals surface area contributed by atoms with Gasteiger partial charge >= 0.3 is 10.1 Å². The van der Waals surface area contributed by atoms with E-state index in [-0.39, 0.29) is 4.90 Å². The number of para-hydroxylation sites is 1. The molecule has 1 heterocycles. The summed E-state index contributed by atoms with van der Waals surface area (Å²) < 4.78 is 33.0. The average Bonchev–Trinajstić information content (AvgIpc) is 3.12. The normalized spacial score (nSPS) is 11.7. The van der Waals surface area contributed by atoms with Gasteiger partial charge in [0, 0.05) is 20.2 Å². The van der Waals surface area contributed by atoms with Crippen LogP contribution in [0.2, 0.25) is 0 Å². The summed E-state index contributed by atoms with van der Waals surface area (Å²) in [5.74, 6) is 0.300. The molecule has 1 aromatic heterocycles. The van der Waals surface area contributed by atoms with Gasteiger partial charge in [0.15, 0.2) is 0 Å². The zero-order chi connectivity index (χ0) is 19.8. The first kappa shape index (κ1) is 17.9. The Labute approximate surface area is 172 Å². The molecule has 0 bridgehead atoms. The maximum absolute atomic E-state index is 12.8.